The van der Waals surface area contributed by atoms with E-state index in [1.165, 1.54) is 5.56 Å². The maximum absolute atomic E-state index is 11.9. The predicted molar refractivity (Wildman–Crippen MR) is 101 cm³/mol. The molecule has 0 fully saturated rings. The van der Waals surface area contributed by atoms with Gasteiger partial charge in [0.25, 0.3) is 5.91 Å². The highest BCUT2D eigenvalue weighted by Crippen LogP contribution is 2.25. The van der Waals surface area contributed by atoms with Crippen LogP contribution >= 0.6 is 15.9 Å². The number of nitrogens with one attached hydrogen (secondary N) is 1. The van der Waals surface area contributed by atoms with Gasteiger partial charge in [0, 0.05) is 5.56 Å². The molecule has 1 N–H and O–H groups in total. The monoisotopic (exact) mass is 388 g/mol. The number of rotatable bonds is 5. The summed E-state index contributed by atoms with van der Waals surface area (Å²) in [6, 6.07) is 11.8. The molecule has 4 nitrogen and oxygen atoms in total. The van der Waals surface area contributed by atoms with Crippen LogP contribution in [0.5, 0.6) is 5.75 Å². The Morgan fingerprint density at radius 3 is 2.46 bits per heavy atom. The number of carbonyl (C=O) groups is 1. The molecule has 0 aliphatic rings. The summed E-state index contributed by atoms with van der Waals surface area (Å²) in [5.74, 6) is 0.331. The first-order valence-corrected chi connectivity index (χ1v) is 8.46. The van der Waals surface area contributed by atoms with Gasteiger partial charge in [0.05, 0.1) is 10.2 Å². The lowest BCUT2D eigenvalue weighted by atomic mass is 10.0. The van der Waals surface area contributed by atoms with Crippen LogP contribution < -0.4 is 10.2 Å². The molecule has 0 bridgehead atoms. The fraction of sp³-hybridized carbons (Fsp3) is 0.263. The molecular weight excluding hydrogens is 368 g/mol. The van der Waals surface area contributed by atoms with Gasteiger partial charge in [0.1, 0.15) is 5.75 Å². The molecule has 0 atom stereocenters. The highest BCUT2D eigenvalue weighted by molar-refractivity contribution is 9.10. The number of nitrogens with zero attached hydrogens (tertiary/aromatic N) is 1. The standard InChI is InChI=1S/C19H21BrN2O2/c1-12-5-7-16(14(3)9-12)15(4)21-22-19(23)11-24-18-8-6-13(2)10-17(18)20/h5-10H,11H2,1-4H3,(H,22,23). The van der Waals surface area contributed by atoms with Gasteiger partial charge in [-0.2, -0.15) is 5.10 Å². The van der Waals surface area contributed by atoms with Gasteiger partial charge < -0.3 is 4.74 Å². The van der Waals surface area contributed by atoms with Crippen molar-refractivity contribution >= 4 is 27.5 Å². The van der Waals surface area contributed by atoms with Crippen molar-refractivity contribution in [3.05, 3.63) is 63.1 Å². The minimum Gasteiger partial charge on any atom is -0.483 e. The third-order valence-electron chi connectivity index (χ3n) is 3.57. The van der Waals surface area contributed by atoms with Crippen molar-refractivity contribution in [3.8, 4) is 5.75 Å². The number of hydrogen-bond donors (Lipinski definition) is 1. The van der Waals surface area contributed by atoms with E-state index in [4.69, 9.17) is 4.74 Å². The molecule has 5 heteroatoms. The van der Waals surface area contributed by atoms with E-state index >= 15 is 0 Å². The smallest absolute Gasteiger partial charge is 0.277 e. The Morgan fingerprint density at radius 1 is 1.12 bits per heavy atom. The van der Waals surface area contributed by atoms with E-state index in [0.717, 1.165) is 26.9 Å². The number of hydrazone groups is 1. The molecule has 0 aliphatic heterocycles. The Kier molecular flexibility index (Phi) is 6.15. The molecule has 0 saturated heterocycles. The number of halogens is 1. The van der Waals surface area contributed by atoms with Crippen molar-refractivity contribution in [2.75, 3.05) is 6.61 Å². The summed E-state index contributed by atoms with van der Waals surface area (Å²) in [4.78, 5) is 11.9. The Balaban J connectivity index is 1.94. The zero-order chi connectivity index (χ0) is 17.7. The summed E-state index contributed by atoms with van der Waals surface area (Å²) in [7, 11) is 0. The van der Waals surface area contributed by atoms with E-state index in [1.807, 2.05) is 58.0 Å². The van der Waals surface area contributed by atoms with Gasteiger partial charge in [0.2, 0.25) is 0 Å². The van der Waals surface area contributed by atoms with Crippen molar-refractivity contribution in [2.45, 2.75) is 27.7 Å². The van der Waals surface area contributed by atoms with E-state index in [-0.39, 0.29) is 12.5 Å². The molecule has 2 rings (SSSR count). The second kappa shape index (κ2) is 8.11. The minimum atomic E-state index is -0.299. The fourth-order valence-corrected chi connectivity index (χ4v) is 2.93. The predicted octanol–water partition coefficient (Wildman–Crippen LogP) is 4.29. The normalized spacial score (nSPS) is 11.3. The molecule has 1 amide bonds. The summed E-state index contributed by atoms with van der Waals surface area (Å²) >= 11 is 3.42. The maximum atomic E-state index is 11.9. The average molecular weight is 389 g/mol. The van der Waals surface area contributed by atoms with E-state index < -0.39 is 0 Å². The van der Waals surface area contributed by atoms with E-state index in [1.54, 1.807) is 0 Å². The molecule has 2 aromatic carbocycles. The van der Waals surface area contributed by atoms with Crippen LogP contribution in [0.4, 0.5) is 0 Å². The Morgan fingerprint density at radius 2 is 1.79 bits per heavy atom. The first-order valence-electron chi connectivity index (χ1n) is 7.66. The Hall–Kier alpha value is -2.14. The lowest BCUT2D eigenvalue weighted by Crippen LogP contribution is -2.25. The number of carbonyl (C=O) groups excluding carboxylic acids is 1. The topological polar surface area (TPSA) is 50.7 Å². The SMILES string of the molecule is CC(=NNC(=O)COc1ccc(C)cc1Br)c1ccc(C)cc1C. The van der Waals surface area contributed by atoms with Crippen LogP contribution in [0.1, 0.15) is 29.2 Å². The first kappa shape index (κ1) is 18.2. The number of amides is 1. The highest BCUT2D eigenvalue weighted by atomic mass is 79.9. The van der Waals surface area contributed by atoms with Crippen molar-refractivity contribution in [3.63, 3.8) is 0 Å². The van der Waals surface area contributed by atoms with E-state index in [9.17, 15) is 4.79 Å². The molecule has 0 heterocycles. The van der Waals surface area contributed by atoms with Gasteiger partial charge in [0.15, 0.2) is 6.61 Å². The second-order valence-corrected chi connectivity index (χ2v) is 6.63. The van der Waals surface area contributed by atoms with Gasteiger partial charge in [-0.1, -0.05) is 29.8 Å². The Labute approximate surface area is 151 Å². The average Bonchev–Trinajstić information content (AvgIpc) is 2.51. The van der Waals surface area contributed by atoms with Gasteiger partial charge in [-0.3, -0.25) is 4.79 Å². The van der Waals surface area contributed by atoms with Crippen molar-refractivity contribution in [2.24, 2.45) is 5.10 Å². The summed E-state index contributed by atoms with van der Waals surface area (Å²) in [5, 5.41) is 4.16. The fourth-order valence-electron chi connectivity index (χ4n) is 2.32. The van der Waals surface area contributed by atoms with Crippen molar-refractivity contribution < 1.29 is 9.53 Å². The number of hydrogen-bond acceptors (Lipinski definition) is 3. The molecule has 2 aromatic rings. The summed E-state index contributed by atoms with van der Waals surface area (Å²) in [5.41, 5.74) is 7.76. The number of ether oxygens (including phenoxy) is 1. The summed E-state index contributed by atoms with van der Waals surface area (Å²) in [6.07, 6.45) is 0. The second-order valence-electron chi connectivity index (χ2n) is 5.77. The number of aryl methyl sites for hydroxylation is 3. The summed E-state index contributed by atoms with van der Waals surface area (Å²) in [6.45, 7) is 7.85. The largest absolute Gasteiger partial charge is 0.483 e. The zero-order valence-corrected chi connectivity index (χ0v) is 15.9. The lowest BCUT2D eigenvalue weighted by molar-refractivity contribution is -0.123. The molecule has 0 saturated carbocycles. The van der Waals surface area contributed by atoms with Crippen molar-refractivity contribution in [1.82, 2.24) is 5.43 Å². The van der Waals surface area contributed by atoms with Gasteiger partial charge in [-0.15, -0.1) is 0 Å². The van der Waals surface area contributed by atoms with Gasteiger partial charge in [-0.05, 0) is 66.9 Å². The van der Waals surface area contributed by atoms with Crippen LogP contribution in [0.15, 0.2) is 46.0 Å². The van der Waals surface area contributed by atoms with Crippen LogP contribution in [0.3, 0.4) is 0 Å². The molecule has 0 radical (unpaired) electrons. The first-order chi connectivity index (χ1) is 11.4. The van der Waals surface area contributed by atoms with Crippen LogP contribution in [0, 0.1) is 20.8 Å². The third kappa shape index (κ3) is 4.93. The molecule has 0 spiro atoms. The van der Waals surface area contributed by atoms with Crippen LogP contribution in [-0.2, 0) is 4.79 Å². The number of benzene rings is 2. The van der Waals surface area contributed by atoms with E-state index in [2.05, 4.69) is 32.5 Å². The van der Waals surface area contributed by atoms with Crippen LogP contribution in [0.2, 0.25) is 0 Å². The molecule has 0 aromatic heterocycles. The third-order valence-corrected chi connectivity index (χ3v) is 4.19. The molecule has 0 unspecified atom stereocenters. The lowest BCUT2D eigenvalue weighted by Gasteiger charge is -2.09. The molecular formula is C19H21BrN2O2. The summed E-state index contributed by atoms with van der Waals surface area (Å²) < 4.78 is 6.33. The van der Waals surface area contributed by atoms with Crippen LogP contribution in [0.25, 0.3) is 0 Å². The molecule has 24 heavy (non-hydrogen) atoms. The molecule has 0 aliphatic carbocycles. The minimum absolute atomic E-state index is 0.0919. The highest BCUT2D eigenvalue weighted by Gasteiger charge is 2.07. The van der Waals surface area contributed by atoms with Gasteiger partial charge >= 0.3 is 0 Å². The van der Waals surface area contributed by atoms with Crippen molar-refractivity contribution in [1.29, 1.82) is 0 Å². The van der Waals surface area contributed by atoms with E-state index in [0.29, 0.717) is 5.75 Å². The maximum Gasteiger partial charge on any atom is 0.277 e. The zero-order valence-electron chi connectivity index (χ0n) is 14.3. The Bertz CT molecular complexity index is 785. The van der Waals surface area contributed by atoms with Crippen LogP contribution in [-0.4, -0.2) is 18.2 Å². The molecule has 126 valence electrons. The quantitative estimate of drug-likeness (QED) is 0.613. The van der Waals surface area contributed by atoms with Gasteiger partial charge in [-0.25, -0.2) is 5.43 Å².